The molecule has 1 aliphatic carbocycles. The van der Waals surface area contributed by atoms with Crippen LogP contribution in [0.15, 0.2) is 41.2 Å². The van der Waals surface area contributed by atoms with Gasteiger partial charge in [-0.3, -0.25) is 4.79 Å². The van der Waals surface area contributed by atoms with Crippen LogP contribution in [0, 0.1) is 18.7 Å². The van der Waals surface area contributed by atoms with Crippen molar-refractivity contribution >= 4 is 28.2 Å². The summed E-state index contributed by atoms with van der Waals surface area (Å²) in [6.45, 7) is 6.51. The Hall–Kier alpha value is -2.33. The second kappa shape index (κ2) is 6.68. The van der Waals surface area contributed by atoms with Gasteiger partial charge in [0.1, 0.15) is 5.82 Å². The number of nitrogens with one attached hydrogen (secondary N) is 2. The Morgan fingerprint density at radius 3 is 2.74 bits per heavy atom. The lowest BCUT2D eigenvalue weighted by Gasteiger charge is -2.37. The lowest BCUT2D eigenvalue weighted by Crippen LogP contribution is -2.27. The Kier molecular flexibility index (Phi) is 4.47. The van der Waals surface area contributed by atoms with Crippen LogP contribution in [-0.4, -0.2) is 4.98 Å². The van der Waals surface area contributed by atoms with Crippen LogP contribution < -0.4 is 10.9 Å². The molecule has 0 bridgehead atoms. The van der Waals surface area contributed by atoms with Crippen molar-refractivity contribution in [3.8, 4) is 0 Å². The summed E-state index contributed by atoms with van der Waals surface area (Å²) in [5.74, 6) is 0.415. The molecule has 3 atom stereocenters. The summed E-state index contributed by atoms with van der Waals surface area (Å²) < 4.78 is 14.2. The second-order valence-electron chi connectivity index (χ2n) is 7.65. The molecular formula is C22H22ClFN2O. The monoisotopic (exact) mass is 384 g/mol. The minimum Gasteiger partial charge on any atom is -0.377 e. The fourth-order valence-electron chi connectivity index (χ4n) is 4.51. The Labute approximate surface area is 162 Å². The third-order valence-electron chi connectivity index (χ3n) is 5.72. The molecular weight excluding hydrogens is 363 g/mol. The largest absolute Gasteiger partial charge is 0.377 e. The highest BCUT2D eigenvalue weighted by molar-refractivity contribution is 6.31. The van der Waals surface area contributed by atoms with Crippen LogP contribution in [0.25, 0.3) is 10.9 Å². The molecule has 27 heavy (non-hydrogen) atoms. The number of hydrogen-bond acceptors (Lipinski definition) is 2. The third-order valence-corrected chi connectivity index (χ3v) is 6.13. The van der Waals surface area contributed by atoms with Crippen LogP contribution in [0.3, 0.4) is 0 Å². The van der Waals surface area contributed by atoms with E-state index in [4.69, 9.17) is 11.6 Å². The molecule has 0 amide bonds. The first kappa shape index (κ1) is 18.1. The molecule has 1 heterocycles. The van der Waals surface area contributed by atoms with Crippen molar-refractivity contribution in [2.75, 3.05) is 5.32 Å². The molecule has 0 saturated carbocycles. The van der Waals surface area contributed by atoms with Crippen LogP contribution in [0.2, 0.25) is 5.02 Å². The quantitative estimate of drug-likeness (QED) is 0.575. The number of aromatic nitrogens is 1. The van der Waals surface area contributed by atoms with Gasteiger partial charge in [-0.25, -0.2) is 4.39 Å². The standard InChI is InChI=1S/C22H22ClFN2O/c1-11-8-12(2)22(16-4-6-17(23)13(3)21(11)16)26-19-10-14(24)9-18-15(19)5-7-20(27)25-18/h4-7,9-12,22,26H,8H2,1-3H3,(H,25,27). The first-order valence-corrected chi connectivity index (χ1v) is 9.61. The number of pyridine rings is 1. The molecule has 5 heteroatoms. The van der Waals surface area contributed by atoms with Crippen molar-refractivity contribution in [1.82, 2.24) is 4.98 Å². The average molecular weight is 385 g/mol. The van der Waals surface area contributed by atoms with E-state index in [9.17, 15) is 9.18 Å². The zero-order chi connectivity index (χ0) is 19.3. The number of rotatable bonds is 2. The van der Waals surface area contributed by atoms with Gasteiger partial charge in [0.2, 0.25) is 5.56 Å². The maximum absolute atomic E-state index is 14.2. The molecule has 3 nitrogen and oxygen atoms in total. The van der Waals surface area contributed by atoms with Crippen molar-refractivity contribution in [1.29, 1.82) is 0 Å². The van der Waals surface area contributed by atoms with Gasteiger partial charge in [0.05, 0.1) is 11.6 Å². The molecule has 0 spiro atoms. The van der Waals surface area contributed by atoms with Crippen molar-refractivity contribution < 1.29 is 4.39 Å². The van der Waals surface area contributed by atoms with Crippen LogP contribution >= 0.6 is 11.6 Å². The van der Waals surface area contributed by atoms with E-state index >= 15 is 0 Å². The molecule has 1 aliphatic rings. The summed E-state index contributed by atoms with van der Waals surface area (Å²) in [4.78, 5) is 14.3. The smallest absolute Gasteiger partial charge is 0.248 e. The number of hydrogen-bond donors (Lipinski definition) is 2. The summed E-state index contributed by atoms with van der Waals surface area (Å²) in [6, 6.07) is 10.1. The summed E-state index contributed by atoms with van der Waals surface area (Å²) in [5.41, 5.74) is 4.56. The summed E-state index contributed by atoms with van der Waals surface area (Å²) in [6.07, 6.45) is 1.02. The third kappa shape index (κ3) is 3.12. The van der Waals surface area contributed by atoms with Crippen molar-refractivity contribution in [3.63, 3.8) is 0 Å². The molecule has 0 saturated heterocycles. The minimum atomic E-state index is -0.379. The fourth-order valence-corrected chi connectivity index (χ4v) is 4.67. The summed E-state index contributed by atoms with van der Waals surface area (Å²) in [5, 5.41) is 5.13. The zero-order valence-corrected chi connectivity index (χ0v) is 16.3. The van der Waals surface area contributed by atoms with E-state index in [1.807, 2.05) is 6.07 Å². The van der Waals surface area contributed by atoms with Gasteiger partial charge in [-0.1, -0.05) is 31.5 Å². The van der Waals surface area contributed by atoms with E-state index in [0.29, 0.717) is 23.0 Å². The highest BCUT2D eigenvalue weighted by atomic mass is 35.5. The molecule has 2 aromatic carbocycles. The second-order valence-corrected chi connectivity index (χ2v) is 8.06. The predicted octanol–water partition coefficient (Wildman–Crippen LogP) is 5.93. The molecule has 140 valence electrons. The summed E-state index contributed by atoms with van der Waals surface area (Å²) in [7, 11) is 0. The molecule has 2 N–H and O–H groups in total. The number of anilines is 1. The van der Waals surface area contributed by atoms with Gasteiger partial charge in [-0.05, 0) is 66.1 Å². The molecule has 4 rings (SSSR count). The van der Waals surface area contributed by atoms with E-state index in [1.54, 1.807) is 6.07 Å². The highest BCUT2D eigenvalue weighted by Gasteiger charge is 2.32. The fraction of sp³-hybridized carbons (Fsp3) is 0.318. The first-order valence-electron chi connectivity index (χ1n) is 9.23. The number of aromatic amines is 1. The maximum Gasteiger partial charge on any atom is 0.248 e. The average Bonchev–Trinajstić information content (AvgIpc) is 2.60. The number of H-pyrrole nitrogens is 1. The first-order chi connectivity index (χ1) is 12.8. The SMILES string of the molecule is Cc1c(Cl)ccc2c1C(C)CC(C)C2Nc1cc(F)cc2[nH]c(=O)ccc12. The minimum absolute atomic E-state index is 0.0455. The molecule has 1 aromatic heterocycles. The molecule has 0 radical (unpaired) electrons. The Bertz CT molecular complexity index is 1090. The van der Waals surface area contributed by atoms with Gasteiger partial charge in [0.25, 0.3) is 0 Å². The van der Waals surface area contributed by atoms with E-state index in [2.05, 4.69) is 37.1 Å². The van der Waals surface area contributed by atoms with Crippen LogP contribution in [0.5, 0.6) is 0 Å². The van der Waals surface area contributed by atoms with Crippen LogP contribution in [0.1, 0.15) is 48.9 Å². The maximum atomic E-state index is 14.2. The van der Waals surface area contributed by atoms with Gasteiger partial charge in [-0.2, -0.15) is 0 Å². The topological polar surface area (TPSA) is 44.9 Å². The number of fused-ring (bicyclic) bond motifs is 2. The van der Waals surface area contributed by atoms with Gasteiger partial charge in [0, 0.05) is 22.2 Å². The molecule has 3 aromatic rings. The van der Waals surface area contributed by atoms with E-state index < -0.39 is 0 Å². The molecule has 3 unspecified atom stereocenters. The van der Waals surface area contributed by atoms with Crippen LogP contribution in [-0.2, 0) is 0 Å². The highest BCUT2D eigenvalue weighted by Crippen LogP contribution is 2.45. The Balaban J connectivity index is 1.84. The van der Waals surface area contributed by atoms with Gasteiger partial charge >= 0.3 is 0 Å². The van der Waals surface area contributed by atoms with E-state index in [1.165, 1.54) is 29.3 Å². The predicted molar refractivity (Wildman–Crippen MR) is 109 cm³/mol. The van der Waals surface area contributed by atoms with Crippen molar-refractivity contribution in [2.45, 2.75) is 39.2 Å². The number of benzene rings is 2. The molecule has 0 aliphatic heterocycles. The van der Waals surface area contributed by atoms with E-state index in [0.717, 1.165) is 22.4 Å². The van der Waals surface area contributed by atoms with Crippen LogP contribution in [0.4, 0.5) is 10.1 Å². The Morgan fingerprint density at radius 1 is 1.19 bits per heavy atom. The zero-order valence-electron chi connectivity index (χ0n) is 15.6. The van der Waals surface area contributed by atoms with Gasteiger partial charge < -0.3 is 10.3 Å². The van der Waals surface area contributed by atoms with Crippen molar-refractivity contribution in [3.05, 3.63) is 74.3 Å². The Morgan fingerprint density at radius 2 is 1.96 bits per heavy atom. The summed E-state index contributed by atoms with van der Waals surface area (Å²) >= 11 is 6.37. The molecule has 0 fully saturated rings. The van der Waals surface area contributed by atoms with Gasteiger partial charge in [0.15, 0.2) is 0 Å². The lowest BCUT2D eigenvalue weighted by molar-refractivity contribution is 0.395. The van der Waals surface area contributed by atoms with Crippen molar-refractivity contribution in [2.24, 2.45) is 5.92 Å². The lowest BCUT2D eigenvalue weighted by atomic mass is 9.73. The van der Waals surface area contributed by atoms with E-state index in [-0.39, 0.29) is 17.4 Å². The normalized spacial score (nSPS) is 21.9. The van der Waals surface area contributed by atoms with Gasteiger partial charge in [-0.15, -0.1) is 0 Å². The number of halogens is 2.